The summed E-state index contributed by atoms with van der Waals surface area (Å²) in [5.41, 5.74) is 0. The zero-order valence-corrected chi connectivity index (χ0v) is 55.6. The molecule has 0 aromatic carbocycles. The highest BCUT2D eigenvalue weighted by atomic mass is 31.2. The van der Waals surface area contributed by atoms with Crippen LogP contribution in [0.5, 0.6) is 0 Å². The first-order valence-corrected chi connectivity index (χ1v) is 36.2. The summed E-state index contributed by atoms with van der Waals surface area (Å²) in [6.07, 6.45) is 33.7. The number of hydrogen-bond acceptors (Lipinski definition) is 15. The van der Waals surface area contributed by atoms with Gasteiger partial charge < -0.3 is 33.8 Å². The van der Waals surface area contributed by atoms with Gasteiger partial charge in [0.15, 0.2) is 12.2 Å². The Hall–Kier alpha value is -1.94. The van der Waals surface area contributed by atoms with Gasteiger partial charge in [-0.2, -0.15) is 0 Å². The highest BCUT2D eigenvalue weighted by molar-refractivity contribution is 7.47. The van der Waals surface area contributed by atoms with E-state index in [0.29, 0.717) is 43.4 Å². The van der Waals surface area contributed by atoms with Gasteiger partial charge in [-0.3, -0.25) is 37.3 Å². The van der Waals surface area contributed by atoms with Gasteiger partial charge in [0, 0.05) is 25.7 Å². The average molecular weight is 1230 g/mol. The van der Waals surface area contributed by atoms with E-state index in [-0.39, 0.29) is 25.7 Å². The fourth-order valence-corrected chi connectivity index (χ4v) is 11.0. The lowest BCUT2D eigenvalue weighted by molar-refractivity contribution is -0.161. The number of carbonyl (C=O) groups is 4. The fourth-order valence-electron chi connectivity index (χ4n) is 9.40. The Morgan fingerprint density at radius 1 is 0.337 bits per heavy atom. The van der Waals surface area contributed by atoms with Gasteiger partial charge in [-0.15, -0.1) is 0 Å². The second-order valence-electron chi connectivity index (χ2n) is 24.8. The Morgan fingerprint density at radius 2 is 0.578 bits per heavy atom. The van der Waals surface area contributed by atoms with Crippen LogP contribution >= 0.6 is 15.6 Å². The Bertz CT molecular complexity index is 1660. The number of phosphoric ester groups is 2. The second kappa shape index (κ2) is 54.2. The lowest BCUT2D eigenvalue weighted by Crippen LogP contribution is -2.30. The number of rotatable bonds is 61. The van der Waals surface area contributed by atoms with Crippen molar-refractivity contribution in [2.75, 3.05) is 39.6 Å². The maximum absolute atomic E-state index is 13.0. The Labute approximate surface area is 505 Å². The van der Waals surface area contributed by atoms with E-state index in [1.807, 2.05) is 0 Å². The molecule has 0 aliphatic rings. The molecule has 0 spiro atoms. The van der Waals surface area contributed by atoms with E-state index in [2.05, 4.69) is 55.4 Å². The highest BCUT2D eigenvalue weighted by Gasteiger charge is 2.30. The number of carbonyl (C=O) groups excluding carboxylic acids is 4. The Morgan fingerprint density at radius 3 is 0.855 bits per heavy atom. The van der Waals surface area contributed by atoms with E-state index in [1.165, 1.54) is 96.3 Å². The van der Waals surface area contributed by atoms with Crippen LogP contribution in [0.4, 0.5) is 0 Å². The van der Waals surface area contributed by atoms with Gasteiger partial charge in [0.25, 0.3) is 0 Å². The van der Waals surface area contributed by atoms with E-state index >= 15 is 0 Å². The maximum Gasteiger partial charge on any atom is 0.472 e. The van der Waals surface area contributed by atoms with Crippen LogP contribution < -0.4 is 0 Å². The molecular formula is C64H124O17P2. The molecule has 492 valence electrons. The standard InChI is InChI=1S/C64H124O17P2/c1-9-57(8)43-35-27-18-12-10-11-13-19-30-38-46-63(68)80-59(50-74-61(66)44-36-28-20-14-16-24-32-40-54(2)3)52-78-82(70,71)76-48-58(65)49-77-83(72,73)79-53-60(51-75-62(67)45-37-29-23-22-26-34-42-56(6)7)81-64(69)47-39-31-21-15-17-25-33-41-55(4)5/h54-60,65H,9-53H2,1-8H3,(H,70,71)(H,72,73)/t57?,58?,59-,60-/m1/s1. The third-order valence-corrected chi connectivity index (χ3v) is 16.8. The van der Waals surface area contributed by atoms with Crippen molar-refractivity contribution in [3.8, 4) is 0 Å². The first kappa shape index (κ1) is 81.1. The van der Waals surface area contributed by atoms with Crippen molar-refractivity contribution >= 4 is 39.5 Å². The number of esters is 4. The molecule has 0 rings (SSSR count). The summed E-state index contributed by atoms with van der Waals surface area (Å²) in [6, 6.07) is 0. The fraction of sp³-hybridized carbons (Fsp3) is 0.938. The minimum atomic E-state index is -4.95. The van der Waals surface area contributed by atoms with Gasteiger partial charge in [0.05, 0.1) is 26.4 Å². The predicted octanol–water partition coefficient (Wildman–Crippen LogP) is 17.4. The van der Waals surface area contributed by atoms with Gasteiger partial charge in [-0.05, 0) is 49.4 Å². The molecule has 3 N–H and O–H groups in total. The molecule has 0 heterocycles. The van der Waals surface area contributed by atoms with E-state index in [0.717, 1.165) is 109 Å². The summed E-state index contributed by atoms with van der Waals surface area (Å²) < 4.78 is 67.9. The zero-order valence-electron chi connectivity index (χ0n) is 53.8. The summed E-state index contributed by atoms with van der Waals surface area (Å²) >= 11 is 0. The maximum atomic E-state index is 13.0. The van der Waals surface area contributed by atoms with Crippen molar-refractivity contribution in [2.24, 2.45) is 23.7 Å². The van der Waals surface area contributed by atoms with E-state index in [1.54, 1.807) is 0 Å². The summed E-state index contributed by atoms with van der Waals surface area (Å²) in [6.45, 7) is 13.9. The molecule has 17 nitrogen and oxygen atoms in total. The summed E-state index contributed by atoms with van der Waals surface area (Å²) in [7, 11) is -9.89. The molecular weight excluding hydrogens is 1100 g/mol. The molecule has 0 bridgehead atoms. The van der Waals surface area contributed by atoms with Crippen molar-refractivity contribution < 1.29 is 80.2 Å². The molecule has 0 saturated carbocycles. The molecule has 0 aromatic rings. The molecule has 0 saturated heterocycles. The van der Waals surface area contributed by atoms with Gasteiger partial charge in [-0.25, -0.2) is 9.13 Å². The number of ether oxygens (including phenoxy) is 4. The van der Waals surface area contributed by atoms with Gasteiger partial charge in [-0.1, -0.05) is 254 Å². The van der Waals surface area contributed by atoms with Crippen LogP contribution in [0.25, 0.3) is 0 Å². The molecule has 0 fully saturated rings. The summed E-state index contributed by atoms with van der Waals surface area (Å²) in [5, 5.41) is 10.5. The zero-order chi connectivity index (χ0) is 61.8. The van der Waals surface area contributed by atoms with Crippen LogP contribution in [0.15, 0.2) is 0 Å². The Balaban J connectivity index is 5.25. The summed E-state index contributed by atoms with van der Waals surface area (Å²) in [4.78, 5) is 72.2. The van der Waals surface area contributed by atoms with Crippen molar-refractivity contribution in [1.82, 2.24) is 0 Å². The number of phosphoric acid groups is 2. The van der Waals surface area contributed by atoms with Gasteiger partial charge in [0.1, 0.15) is 19.3 Å². The number of aliphatic hydroxyl groups is 1. The molecule has 0 aliphatic heterocycles. The number of hydrogen-bond donors (Lipinski definition) is 3. The van der Waals surface area contributed by atoms with Crippen molar-refractivity contribution in [3.63, 3.8) is 0 Å². The van der Waals surface area contributed by atoms with Crippen molar-refractivity contribution in [1.29, 1.82) is 0 Å². The number of unbranched alkanes of at least 4 members (excludes halogenated alkanes) is 26. The van der Waals surface area contributed by atoms with Crippen LogP contribution in [0.3, 0.4) is 0 Å². The molecule has 83 heavy (non-hydrogen) atoms. The van der Waals surface area contributed by atoms with Crippen LogP contribution in [0.1, 0.15) is 306 Å². The molecule has 4 unspecified atom stereocenters. The van der Waals surface area contributed by atoms with Crippen LogP contribution in [0, 0.1) is 23.7 Å². The van der Waals surface area contributed by atoms with Crippen molar-refractivity contribution in [3.05, 3.63) is 0 Å². The summed E-state index contributed by atoms with van der Waals surface area (Å²) in [5.74, 6) is 0.741. The van der Waals surface area contributed by atoms with Crippen LogP contribution in [0.2, 0.25) is 0 Å². The SMILES string of the molecule is CCC(C)CCCCCCCCCCCCC(=O)O[C@H](COC(=O)CCCCCCCCCC(C)C)COP(=O)(O)OCC(O)COP(=O)(O)OC[C@@H](COC(=O)CCCCCCCCC(C)C)OC(=O)CCCCCCCCCC(C)C. The third-order valence-electron chi connectivity index (χ3n) is 14.9. The van der Waals surface area contributed by atoms with E-state index in [4.69, 9.17) is 37.0 Å². The topological polar surface area (TPSA) is 237 Å². The lowest BCUT2D eigenvalue weighted by atomic mass is 9.99. The lowest BCUT2D eigenvalue weighted by Gasteiger charge is -2.21. The largest absolute Gasteiger partial charge is 0.472 e. The smallest absolute Gasteiger partial charge is 0.462 e. The highest BCUT2D eigenvalue weighted by Crippen LogP contribution is 2.45. The van der Waals surface area contributed by atoms with Gasteiger partial charge >= 0.3 is 39.5 Å². The second-order valence-corrected chi connectivity index (χ2v) is 27.7. The van der Waals surface area contributed by atoms with E-state index in [9.17, 15) is 43.2 Å². The van der Waals surface area contributed by atoms with Crippen LogP contribution in [-0.4, -0.2) is 96.7 Å². The number of aliphatic hydroxyl groups excluding tert-OH is 1. The average Bonchev–Trinajstić information content (AvgIpc) is 3.44. The minimum Gasteiger partial charge on any atom is -0.462 e. The van der Waals surface area contributed by atoms with Gasteiger partial charge in [0.2, 0.25) is 0 Å². The molecule has 19 heteroatoms. The molecule has 0 aromatic heterocycles. The Kier molecular flexibility index (Phi) is 53.0. The molecule has 0 aliphatic carbocycles. The minimum absolute atomic E-state index is 0.102. The molecule has 0 amide bonds. The molecule has 6 atom stereocenters. The monoisotopic (exact) mass is 1230 g/mol. The first-order chi connectivity index (χ1) is 39.6. The quantitative estimate of drug-likeness (QED) is 0.0222. The predicted molar refractivity (Wildman–Crippen MR) is 331 cm³/mol. The van der Waals surface area contributed by atoms with E-state index < -0.39 is 97.5 Å². The van der Waals surface area contributed by atoms with Crippen LogP contribution in [-0.2, 0) is 65.4 Å². The molecule has 0 radical (unpaired) electrons. The van der Waals surface area contributed by atoms with Crippen molar-refractivity contribution in [2.45, 2.75) is 324 Å². The normalized spacial score (nSPS) is 14.8. The third kappa shape index (κ3) is 57.6. The first-order valence-electron chi connectivity index (χ1n) is 33.2.